The Morgan fingerprint density at radius 1 is 1.08 bits per heavy atom. The van der Waals surface area contributed by atoms with Gasteiger partial charge in [-0.25, -0.2) is 4.39 Å². The normalized spacial score (nSPS) is 17.0. The van der Waals surface area contributed by atoms with Crippen LogP contribution >= 0.6 is 12.2 Å². The molecule has 2 aromatic heterocycles. The van der Waals surface area contributed by atoms with E-state index in [1.807, 2.05) is 74.7 Å². The number of thiocarbonyl (C=S) groups is 1. The van der Waals surface area contributed by atoms with Crippen molar-refractivity contribution < 1.29 is 9.18 Å². The minimum absolute atomic E-state index is 0.0344. The van der Waals surface area contributed by atoms with Gasteiger partial charge in [0, 0.05) is 35.4 Å². The number of nitrogens with zero attached hydrogens (tertiary/aromatic N) is 3. The summed E-state index contributed by atoms with van der Waals surface area (Å²) in [4.78, 5) is 18.7. The molecular weight excluding hydrogens is 497 g/mol. The molecule has 1 amide bonds. The number of anilines is 2. The molecule has 0 unspecified atom stereocenters. The molecule has 3 heterocycles. The predicted octanol–water partition coefficient (Wildman–Crippen LogP) is 6.46. The van der Waals surface area contributed by atoms with Crippen molar-refractivity contribution in [2.45, 2.75) is 46.2 Å². The summed E-state index contributed by atoms with van der Waals surface area (Å²) < 4.78 is 16.8. The fourth-order valence-electron chi connectivity index (χ4n) is 5.22. The van der Waals surface area contributed by atoms with Crippen LogP contribution in [0.5, 0.6) is 0 Å². The highest BCUT2D eigenvalue weighted by Gasteiger charge is 2.42. The number of rotatable bonds is 6. The van der Waals surface area contributed by atoms with Gasteiger partial charge >= 0.3 is 0 Å². The lowest BCUT2D eigenvalue weighted by molar-refractivity contribution is -0.115. The first kappa shape index (κ1) is 25.6. The second-order valence-corrected chi connectivity index (χ2v) is 9.90. The molecule has 2 atom stereocenters. The zero-order valence-corrected chi connectivity index (χ0v) is 22.6. The number of aryl methyl sites for hydroxylation is 2. The first-order valence-electron chi connectivity index (χ1n) is 12.6. The van der Waals surface area contributed by atoms with E-state index in [9.17, 15) is 9.18 Å². The molecule has 5 rings (SSSR count). The lowest BCUT2D eigenvalue weighted by Crippen LogP contribution is -2.29. The van der Waals surface area contributed by atoms with Crippen molar-refractivity contribution >= 4 is 34.6 Å². The second-order valence-electron chi connectivity index (χ2n) is 9.51. The largest absolute Gasteiger partial charge is 0.351 e. The third kappa shape index (κ3) is 4.56. The van der Waals surface area contributed by atoms with Crippen LogP contribution in [0, 0.1) is 26.6 Å². The van der Waals surface area contributed by atoms with Crippen molar-refractivity contribution in [3.63, 3.8) is 0 Å². The average Bonchev–Trinajstić information content (AvgIpc) is 3.41. The quantitative estimate of drug-likeness (QED) is 0.282. The number of amides is 1. The van der Waals surface area contributed by atoms with Gasteiger partial charge in [-0.05, 0) is 92.6 Å². The molecule has 0 spiro atoms. The fraction of sp³-hybridized carbons (Fsp3) is 0.233. The van der Waals surface area contributed by atoms with E-state index in [0.29, 0.717) is 17.2 Å². The molecule has 8 heteroatoms. The van der Waals surface area contributed by atoms with Crippen LogP contribution in [0.3, 0.4) is 0 Å². The molecule has 1 fully saturated rings. The summed E-state index contributed by atoms with van der Waals surface area (Å²) in [6.07, 6.45) is 2.19. The first-order chi connectivity index (χ1) is 18.3. The smallest absolute Gasteiger partial charge is 0.224 e. The Bertz CT molecular complexity index is 1520. The van der Waals surface area contributed by atoms with E-state index in [2.05, 4.69) is 26.6 Å². The Hall–Kier alpha value is -4.04. The second kappa shape index (κ2) is 10.4. The number of hydrogen-bond donors (Lipinski definition) is 2. The highest BCUT2D eigenvalue weighted by Crippen LogP contribution is 2.44. The van der Waals surface area contributed by atoms with Gasteiger partial charge in [0.25, 0.3) is 0 Å². The summed E-state index contributed by atoms with van der Waals surface area (Å²) in [5, 5.41) is 7.02. The van der Waals surface area contributed by atoms with Crippen molar-refractivity contribution in [1.29, 1.82) is 0 Å². The summed E-state index contributed by atoms with van der Waals surface area (Å²) >= 11 is 5.89. The molecule has 0 radical (unpaired) electrons. The van der Waals surface area contributed by atoms with E-state index in [1.165, 1.54) is 6.07 Å². The van der Waals surface area contributed by atoms with Crippen molar-refractivity contribution in [1.82, 2.24) is 14.9 Å². The standard InChI is InChI=1S/C30H30FN5OS/c1-5-27(37)33-24-14-13-21(16-18(24)2)36-29(28(34-30(36)38)25-11-8-9-15-32-25)22-17-19(3)35(20(22)4)26-12-7-6-10-23(26)31/h6-17,28-29H,5H2,1-4H3,(H,33,37)(H,34,38)/t28-,29+/m0/s1. The highest BCUT2D eigenvalue weighted by molar-refractivity contribution is 7.80. The third-order valence-corrected chi connectivity index (χ3v) is 7.38. The van der Waals surface area contributed by atoms with Gasteiger partial charge in [0.2, 0.25) is 5.91 Å². The number of carbonyl (C=O) groups excluding carboxylic acids is 1. The van der Waals surface area contributed by atoms with E-state index in [1.54, 1.807) is 18.3 Å². The summed E-state index contributed by atoms with van der Waals surface area (Å²) in [6.45, 7) is 7.79. The highest BCUT2D eigenvalue weighted by atomic mass is 32.1. The maximum atomic E-state index is 14.9. The number of hydrogen-bond acceptors (Lipinski definition) is 3. The van der Waals surface area contributed by atoms with E-state index in [4.69, 9.17) is 12.2 Å². The molecule has 0 bridgehead atoms. The Morgan fingerprint density at radius 3 is 2.53 bits per heavy atom. The number of nitrogens with one attached hydrogen (secondary N) is 2. The molecule has 0 saturated carbocycles. The zero-order chi connectivity index (χ0) is 27.0. The summed E-state index contributed by atoms with van der Waals surface area (Å²) in [5.74, 6) is -0.313. The van der Waals surface area contributed by atoms with Crippen molar-refractivity contribution in [3.8, 4) is 5.69 Å². The molecular formula is C30H30FN5OS. The average molecular weight is 528 g/mol. The van der Waals surface area contributed by atoms with Gasteiger partial charge in [-0.15, -0.1) is 0 Å². The topological polar surface area (TPSA) is 62.2 Å². The maximum absolute atomic E-state index is 14.9. The van der Waals surface area contributed by atoms with Crippen LogP contribution in [0.1, 0.15) is 53.6 Å². The molecule has 38 heavy (non-hydrogen) atoms. The number of benzene rings is 2. The Morgan fingerprint density at radius 2 is 1.84 bits per heavy atom. The van der Waals surface area contributed by atoms with Crippen LogP contribution in [0.4, 0.5) is 15.8 Å². The van der Waals surface area contributed by atoms with Crippen LogP contribution in [-0.2, 0) is 4.79 Å². The van der Waals surface area contributed by atoms with Gasteiger partial charge < -0.3 is 20.1 Å². The predicted molar refractivity (Wildman–Crippen MR) is 153 cm³/mol. The minimum Gasteiger partial charge on any atom is -0.351 e. The number of aromatic nitrogens is 2. The Balaban J connectivity index is 1.64. The van der Waals surface area contributed by atoms with Crippen LogP contribution in [0.2, 0.25) is 0 Å². The number of carbonyl (C=O) groups is 1. The van der Waals surface area contributed by atoms with E-state index in [-0.39, 0.29) is 23.8 Å². The van der Waals surface area contributed by atoms with Gasteiger partial charge in [-0.3, -0.25) is 9.78 Å². The van der Waals surface area contributed by atoms with Gasteiger partial charge in [0.15, 0.2) is 5.11 Å². The van der Waals surface area contributed by atoms with Crippen LogP contribution in [-0.4, -0.2) is 20.6 Å². The molecule has 2 aromatic carbocycles. The number of para-hydroxylation sites is 1. The molecule has 2 N–H and O–H groups in total. The van der Waals surface area contributed by atoms with Crippen LogP contribution in [0.15, 0.2) is 72.9 Å². The third-order valence-electron chi connectivity index (χ3n) is 7.06. The van der Waals surface area contributed by atoms with Crippen molar-refractivity contribution in [2.75, 3.05) is 10.2 Å². The molecule has 6 nitrogen and oxygen atoms in total. The van der Waals surface area contributed by atoms with Crippen LogP contribution < -0.4 is 15.5 Å². The number of halogens is 1. The van der Waals surface area contributed by atoms with Gasteiger partial charge in [-0.2, -0.15) is 0 Å². The maximum Gasteiger partial charge on any atom is 0.224 e. The molecule has 1 saturated heterocycles. The Labute approximate surface area is 227 Å². The van der Waals surface area contributed by atoms with Crippen LogP contribution in [0.25, 0.3) is 5.69 Å². The van der Waals surface area contributed by atoms with Gasteiger partial charge in [0.1, 0.15) is 5.82 Å². The van der Waals surface area contributed by atoms with Crippen molar-refractivity contribution in [3.05, 3.63) is 107 Å². The fourth-order valence-corrected chi connectivity index (χ4v) is 5.56. The lowest BCUT2D eigenvalue weighted by Gasteiger charge is -2.29. The SMILES string of the molecule is CCC(=O)Nc1ccc(N2C(=S)N[C@@H](c3ccccn3)[C@H]2c2cc(C)n(-c3ccccc3F)c2C)cc1C. The molecule has 194 valence electrons. The summed E-state index contributed by atoms with van der Waals surface area (Å²) in [5.41, 5.74) is 6.85. The van der Waals surface area contributed by atoms with E-state index in [0.717, 1.165) is 39.6 Å². The van der Waals surface area contributed by atoms with Gasteiger partial charge in [-0.1, -0.05) is 25.1 Å². The lowest BCUT2D eigenvalue weighted by atomic mass is 9.96. The number of pyridine rings is 1. The molecule has 1 aliphatic heterocycles. The van der Waals surface area contributed by atoms with E-state index >= 15 is 0 Å². The first-order valence-corrected chi connectivity index (χ1v) is 13.1. The monoisotopic (exact) mass is 527 g/mol. The molecule has 0 aliphatic carbocycles. The zero-order valence-electron chi connectivity index (χ0n) is 21.8. The molecule has 1 aliphatic rings. The molecule has 4 aromatic rings. The Kier molecular flexibility index (Phi) is 6.99. The van der Waals surface area contributed by atoms with Gasteiger partial charge in [0.05, 0.1) is 23.5 Å². The van der Waals surface area contributed by atoms with E-state index < -0.39 is 0 Å². The summed E-state index contributed by atoms with van der Waals surface area (Å²) in [6, 6.07) is 20.2. The van der Waals surface area contributed by atoms with Crippen molar-refractivity contribution in [2.24, 2.45) is 0 Å². The minimum atomic E-state index is -0.278. The summed E-state index contributed by atoms with van der Waals surface area (Å²) in [7, 11) is 0.